The Balaban J connectivity index is 1.56. The first-order valence-electron chi connectivity index (χ1n) is 9.80. The summed E-state index contributed by atoms with van der Waals surface area (Å²) in [4.78, 5) is 22.3. The standard InChI is InChI=1S/C20H27N5O3S/c1-3-20(26)24-17-4-5-18(15(2)12-17)29(27,28)23-13-16-6-10-25(11-7-16)19-14-21-8-9-22-19/h4-5,8-9,12,14,16,23H,3,6-7,10-11,13H2,1-2H3,(H,24,26). The van der Waals surface area contributed by atoms with Crippen LogP contribution in [0.4, 0.5) is 11.5 Å². The molecule has 0 radical (unpaired) electrons. The molecule has 156 valence electrons. The first kappa shape index (κ1) is 21.2. The van der Waals surface area contributed by atoms with Gasteiger partial charge in [0.05, 0.1) is 11.1 Å². The quantitative estimate of drug-likeness (QED) is 0.716. The van der Waals surface area contributed by atoms with Crippen LogP contribution in [0.5, 0.6) is 0 Å². The topological polar surface area (TPSA) is 104 Å². The van der Waals surface area contributed by atoms with Gasteiger partial charge in [0.2, 0.25) is 15.9 Å². The first-order chi connectivity index (χ1) is 13.9. The highest BCUT2D eigenvalue weighted by molar-refractivity contribution is 7.89. The van der Waals surface area contributed by atoms with Crippen molar-refractivity contribution in [3.8, 4) is 0 Å². The predicted octanol–water partition coefficient (Wildman–Crippen LogP) is 2.33. The molecule has 1 fully saturated rings. The fourth-order valence-corrected chi connectivity index (χ4v) is 4.74. The molecule has 1 aromatic carbocycles. The van der Waals surface area contributed by atoms with Crippen molar-refractivity contribution < 1.29 is 13.2 Å². The number of nitrogens with zero attached hydrogens (tertiary/aromatic N) is 3. The van der Waals surface area contributed by atoms with Crippen molar-refractivity contribution in [2.45, 2.75) is 38.0 Å². The summed E-state index contributed by atoms with van der Waals surface area (Å²) in [6, 6.07) is 4.84. The summed E-state index contributed by atoms with van der Waals surface area (Å²) in [5.41, 5.74) is 1.20. The number of aromatic nitrogens is 2. The summed E-state index contributed by atoms with van der Waals surface area (Å²) < 4.78 is 28.2. The van der Waals surface area contributed by atoms with Crippen LogP contribution in [0.3, 0.4) is 0 Å². The molecule has 0 aliphatic carbocycles. The lowest BCUT2D eigenvalue weighted by Crippen LogP contribution is -2.39. The Morgan fingerprint density at radius 3 is 2.62 bits per heavy atom. The molecule has 8 nitrogen and oxygen atoms in total. The molecule has 1 aromatic heterocycles. The average Bonchev–Trinajstić information content (AvgIpc) is 2.73. The molecule has 29 heavy (non-hydrogen) atoms. The lowest BCUT2D eigenvalue weighted by molar-refractivity contribution is -0.115. The van der Waals surface area contributed by atoms with Gasteiger partial charge in [0.15, 0.2) is 0 Å². The van der Waals surface area contributed by atoms with E-state index in [2.05, 4.69) is 24.9 Å². The van der Waals surface area contributed by atoms with Gasteiger partial charge in [-0.15, -0.1) is 0 Å². The number of sulfonamides is 1. The SMILES string of the molecule is CCC(=O)Nc1ccc(S(=O)(=O)NCC2CCN(c3cnccn3)CC2)c(C)c1. The van der Waals surface area contributed by atoms with Crippen LogP contribution >= 0.6 is 0 Å². The third-order valence-corrected chi connectivity index (χ3v) is 6.70. The number of benzene rings is 1. The van der Waals surface area contributed by atoms with Crippen molar-refractivity contribution >= 4 is 27.4 Å². The van der Waals surface area contributed by atoms with Crippen LogP contribution in [-0.4, -0.2) is 43.9 Å². The summed E-state index contributed by atoms with van der Waals surface area (Å²) in [6.45, 7) is 5.56. The van der Waals surface area contributed by atoms with E-state index in [1.54, 1.807) is 50.6 Å². The Kier molecular flexibility index (Phi) is 6.81. The molecule has 1 aliphatic rings. The molecule has 1 saturated heterocycles. The van der Waals surface area contributed by atoms with Crippen LogP contribution in [0, 0.1) is 12.8 Å². The molecule has 0 bridgehead atoms. The van der Waals surface area contributed by atoms with Crippen LogP contribution in [0.2, 0.25) is 0 Å². The third kappa shape index (κ3) is 5.51. The van der Waals surface area contributed by atoms with E-state index in [1.807, 2.05) is 0 Å². The fourth-order valence-electron chi connectivity index (χ4n) is 3.40. The minimum atomic E-state index is -3.61. The molecule has 2 N–H and O–H groups in total. The molecule has 0 atom stereocenters. The zero-order valence-corrected chi connectivity index (χ0v) is 17.6. The number of hydrogen-bond donors (Lipinski definition) is 2. The van der Waals surface area contributed by atoms with E-state index >= 15 is 0 Å². The maximum atomic E-state index is 12.7. The van der Waals surface area contributed by atoms with Gasteiger partial charge in [-0.3, -0.25) is 9.78 Å². The van der Waals surface area contributed by atoms with Gasteiger partial charge in [-0.2, -0.15) is 0 Å². The second kappa shape index (κ2) is 9.32. The molecular weight excluding hydrogens is 390 g/mol. The summed E-state index contributed by atoms with van der Waals surface area (Å²) in [5.74, 6) is 1.03. The van der Waals surface area contributed by atoms with Crippen LogP contribution in [0.15, 0.2) is 41.7 Å². The molecule has 9 heteroatoms. The normalized spacial score (nSPS) is 15.3. The number of rotatable bonds is 7. The van der Waals surface area contributed by atoms with Crippen molar-refractivity contribution in [2.24, 2.45) is 5.92 Å². The molecule has 3 rings (SSSR count). The van der Waals surface area contributed by atoms with Gasteiger partial charge >= 0.3 is 0 Å². The summed E-state index contributed by atoms with van der Waals surface area (Å²) >= 11 is 0. The second-order valence-corrected chi connectivity index (χ2v) is 8.96. The predicted molar refractivity (Wildman–Crippen MR) is 112 cm³/mol. The van der Waals surface area contributed by atoms with Crippen LogP contribution in [0.25, 0.3) is 0 Å². The smallest absolute Gasteiger partial charge is 0.240 e. The molecule has 2 aromatic rings. The van der Waals surface area contributed by atoms with Crippen LogP contribution < -0.4 is 14.9 Å². The molecule has 0 unspecified atom stereocenters. The highest BCUT2D eigenvalue weighted by atomic mass is 32.2. The van der Waals surface area contributed by atoms with Gasteiger partial charge in [-0.1, -0.05) is 6.92 Å². The Morgan fingerprint density at radius 2 is 2.00 bits per heavy atom. The van der Waals surface area contributed by atoms with Crippen molar-refractivity contribution in [3.05, 3.63) is 42.4 Å². The van der Waals surface area contributed by atoms with Gasteiger partial charge in [-0.25, -0.2) is 18.1 Å². The Hall–Kier alpha value is -2.52. The zero-order chi connectivity index (χ0) is 20.9. The highest BCUT2D eigenvalue weighted by Gasteiger charge is 2.23. The minimum absolute atomic E-state index is 0.106. The van der Waals surface area contributed by atoms with E-state index in [-0.39, 0.29) is 16.7 Å². The number of nitrogens with one attached hydrogen (secondary N) is 2. The number of carbonyl (C=O) groups is 1. The number of anilines is 2. The maximum Gasteiger partial charge on any atom is 0.240 e. The number of aryl methyl sites for hydroxylation is 1. The number of amides is 1. The van der Waals surface area contributed by atoms with E-state index in [0.29, 0.717) is 24.2 Å². The molecule has 1 amide bonds. The minimum Gasteiger partial charge on any atom is -0.355 e. The van der Waals surface area contributed by atoms with Crippen molar-refractivity contribution in [2.75, 3.05) is 29.9 Å². The first-order valence-corrected chi connectivity index (χ1v) is 11.3. The average molecular weight is 418 g/mol. The second-order valence-electron chi connectivity index (χ2n) is 7.23. The molecule has 2 heterocycles. The van der Waals surface area contributed by atoms with Gasteiger partial charge in [0, 0.05) is 44.1 Å². The Morgan fingerprint density at radius 1 is 1.24 bits per heavy atom. The van der Waals surface area contributed by atoms with Crippen molar-refractivity contribution in [1.82, 2.24) is 14.7 Å². The largest absolute Gasteiger partial charge is 0.355 e. The number of piperidine rings is 1. The number of hydrogen-bond acceptors (Lipinski definition) is 6. The molecule has 0 spiro atoms. The van der Waals surface area contributed by atoms with Gasteiger partial charge in [0.25, 0.3) is 0 Å². The highest BCUT2D eigenvalue weighted by Crippen LogP contribution is 2.23. The van der Waals surface area contributed by atoms with Gasteiger partial charge in [0.1, 0.15) is 5.82 Å². The van der Waals surface area contributed by atoms with E-state index in [4.69, 9.17) is 0 Å². The van der Waals surface area contributed by atoms with E-state index in [9.17, 15) is 13.2 Å². The monoisotopic (exact) mass is 417 g/mol. The summed E-state index contributed by atoms with van der Waals surface area (Å²) in [5, 5.41) is 2.74. The number of carbonyl (C=O) groups excluding carboxylic acids is 1. The zero-order valence-electron chi connectivity index (χ0n) is 16.8. The molecule has 0 saturated carbocycles. The Labute approximate surface area is 171 Å². The lowest BCUT2D eigenvalue weighted by atomic mass is 9.97. The van der Waals surface area contributed by atoms with Gasteiger partial charge in [-0.05, 0) is 49.4 Å². The van der Waals surface area contributed by atoms with E-state index < -0.39 is 10.0 Å². The van der Waals surface area contributed by atoms with Crippen molar-refractivity contribution in [1.29, 1.82) is 0 Å². The maximum absolute atomic E-state index is 12.7. The summed E-state index contributed by atoms with van der Waals surface area (Å²) in [7, 11) is -3.61. The molecular formula is C20H27N5O3S. The fraction of sp³-hybridized carbons (Fsp3) is 0.450. The van der Waals surface area contributed by atoms with Crippen LogP contribution in [-0.2, 0) is 14.8 Å². The Bertz CT molecular complexity index is 942. The lowest BCUT2D eigenvalue weighted by Gasteiger charge is -2.32. The van der Waals surface area contributed by atoms with Crippen LogP contribution in [0.1, 0.15) is 31.7 Å². The van der Waals surface area contributed by atoms with Gasteiger partial charge < -0.3 is 10.2 Å². The van der Waals surface area contributed by atoms with E-state index in [1.165, 1.54) is 0 Å². The third-order valence-electron chi connectivity index (χ3n) is 5.12. The van der Waals surface area contributed by atoms with E-state index in [0.717, 1.165) is 31.7 Å². The van der Waals surface area contributed by atoms with Crippen molar-refractivity contribution in [3.63, 3.8) is 0 Å². The summed E-state index contributed by atoms with van der Waals surface area (Å²) in [6.07, 6.45) is 7.23. The molecule has 1 aliphatic heterocycles.